The summed E-state index contributed by atoms with van der Waals surface area (Å²) in [5.74, 6) is 2.22. The minimum atomic E-state index is -0.122. The minimum absolute atomic E-state index is 0.122. The smallest absolute Gasteiger partial charge is 0.234 e. The molecule has 0 aliphatic heterocycles. The van der Waals surface area contributed by atoms with E-state index in [1.54, 1.807) is 14.2 Å². The van der Waals surface area contributed by atoms with Crippen LogP contribution in [0.5, 0.6) is 11.5 Å². The number of ether oxygens (including phenoxy) is 2. The first-order chi connectivity index (χ1) is 16.7. The van der Waals surface area contributed by atoms with E-state index in [-0.39, 0.29) is 11.7 Å². The summed E-state index contributed by atoms with van der Waals surface area (Å²) in [6, 6.07) is 24.7. The average molecular weight is 476 g/mol. The lowest BCUT2D eigenvalue weighted by Gasteiger charge is -2.14. The summed E-state index contributed by atoms with van der Waals surface area (Å²) < 4.78 is 12.7. The van der Waals surface area contributed by atoms with Crippen LogP contribution in [0.25, 0.3) is 5.69 Å². The summed E-state index contributed by atoms with van der Waals surface area (Å²) in [5, 5.41) is 15.6. The summed E-state index contributed by atoms with van der Waals surface area (Å²) in [4.78, 5) is 12.5. The van der Waals surface area contributed by atoms with Crippen molar-refractivity contribution in [1.82, 2.24) is 14.8 Å². The molecular weight excluding hydrogens is 450 g/mol. The summed E-state index contributed by atoms with van der Waals surface area (Å²) in [7, 11) is 3.26. The molecule has 0 saturated heterocycles. The molecular formula is C25H25N5O3S. The first kappa shape index (κ1) is 23.2. The van der Waals surface area contributed by atoms with Crippen LogP contribution in [0.3, 0.4) is 0 Å². The summed E-state index contributed by atoms with van der Waals surface area (Å²) >= 11 is 1.31. The Labute approximate surface area is 202 Å². The Morgan fingerprint density at radius 1 is 0.882 bits per heavy atom. The van der Waals surface area contributed by atoms with Crippen molar-refractivity contribution in [1.29, 1.82) is 0 Å². The highest BCUT2D eigenvalue weighted by atomic mass is 32.2. The topological polar surface area (TPSA) is 90.3 Å². The van der Waals surface area contributed by atoms with Crippen molar-refractivity contribution >= 4 is 29.0 Å². The van der Waals surface area contributed by atoms with E-state index in [0.717, 1.165) is 22.8 Å². The number of carbonyl (C=O) groups excluding carboxylic acids is 1. The Bertz CT molecular complexity index is 1230. The quantitative estimate of drug-likeness (QED) is 0.323. The highest BCUT2D eigenvalue weighted by Gasteiger charge is 2.18. The van der Waals surface area contributed by atoms with Gasteiger partial charge in [0.05, 0.1) is 32.2 Å². The number of rotatable bonds is 10. The van der Waals surface area contributed by atoms with Crippen molar-refractivity contribution < 1.29 is 14.3 Å². The van der Waals surface area contributed by atoms with Crippen molar-refractivity contribution in [3.05, 3.63) is 84.7 Å². The molecule has 34 heavy (non-hydrogen) atoms. The third kappa shape index (κ3) is 5.68. The van der Waals surface area contributed by atoms with E-state index in [0.29, 0.717) is 23.3 Å². The van der Waals surface area contributed by atoms with Crippen LogP contribution < -0.4 is 20.1 Å². The molecule has 3 aromatic carbocycles. The molecule has 1 amide bonds. The van der Waals surface area contributed by atoms with E-state index in [9.17, 15) is 4.79 Å². The number of para-hydroxylation sites is 3. The predicted octanol–water partition coefficient (Wildman–Crippen LogP) is 4.63. The molecule has 4 aromatic rings. The zero-order valence-electron chi connectivity index (χ0n) is 18.9. The van der Waals surface area contributed by atoms with Crippen LogP contribution in [-0.4, -0.2) is 40.6 Å². The first-order valence-electron chi connectivity index (χ1n) is 10.6. The molecule has 0 radical (unpaired) electrons. The fraction of sp³-hybridized carbons (Fsp3) is 0.160. The molecule has 174 valence electrons. The van der Waals surface area contributed by atoms with Gasteiger partial charge < -0.3 is 20.1 Å². The van der Waals surface area contributed by atoms with Gasteiger partial charge in [-0.1, -0.05) is 42.1 Å². The second-order valence-electron chi connectivity index (χ2n) is 7.19. The van der Waals surface area contributed by atoms with Gasteiger partial charge in [0.1, 0.15) is 11.5 Å². The van der Waals surface area contributed by atoms with Gasteiger partial charge in [-0.2, -0.15) is 0 Å². The fourth-order valence-electron chi connectivity index (χ4n) is 3.30. The Hall–Kier alpha value is -3.98. The number of nitrogens with zero attached hydrogens (tertiary/aromatic N) is 3. The Morgan fingerprint density at radius 2 is 1.62 bits per heavy atom. The molecule has 8 nitrogen and oxygen atoms in total. The number of hydrogen-bond acceptors (Lipinski definition) is 7. The van der Waals surface area contributed by atoms with E-state index in [2.05, 4.69) is 20.8 Å². The molecule has 0 fully saturated rings. The number of nitrogens with one attached hydrogen (secondary N) is 2. The summed E-state index contributed by atoms with van der Waals surface area (Å²) in [6.07, 6.45) is 0. The second-order valence-corrected chi connectivity index (χ2v) is 8.13. The van der Waals surface area contributed by atoms with Crippen molar-refractivity contribution in [3.63, 3.8) is 0 Å². The molecule has 0 atom stereocenters. The first-order valence-corrected chi connectivity index (χ1v) is 11.6. The van der Waals surface area contributed by atoms with Gasteiger partial charge in [-0.25, -0.2) is 0 Å². The Balaban J connectivity index is 1.54. The number of carbonyl (C=O) groups is 1. The van der Waals surface area contributed by atoms with Crippen LogP contribution in [-0.2, 0) is 11.3 Å². The molecule has 9 heteroatoms. The zero-order chi connectivity index (χ0) is 23.8. The van der Waals surface area contributed by atoms with E-state index >= 15 is 0 Å². The standard InChI is InChI=1S/C25H25N5O3S/c1-32-20-14-12-18(13-15-20)26-16-23-28-29-25(30(23)21-10-6-7-11-22(21)33-2)34-17-24(31)27-19-8-4-3-5-9-19/h3-15,26H,16-17H2,1-2H3,(H,27,31). The van der Waals surface area contributed by atoms with E-state index in [1.165, 1.54) is 11.8 Å². The molecule has 1 heterocycles. The molecule has 1 aromatic heterocycles. The normalized spacial score (nSPS) is 10.5. The molecule has 0 spiro atoms. The molecule has 2 N–H and O–H groups in total. The Morgan fingerprint density at radius 3 is 2.35 bits per heavy atom. The molecule has 0 aliphatic carbocycles. The molecule has 0 unspecified atom stereocenters. The lowest BCUT2D eigenvalue weighted by atomic mass is 10.3. The van der Waals surface area contributed by atoms with Gasteiger partial charge in [-0.15, -0.1) is 10.2 Å². The third-order valence-corrected chi connectivity index (χ3v) is 5.89. The SMILES string of the molecule is COc1ccc(NCc2nnc(SCC(=O)Nc3ccccc3)n2-c2ccccc2OC)cc1. The van der Waals surface area contributed by atoms with Gasteiger partial charge in [0.2, 0.25) is 5.91 Å². The van der Waals surface area contributed by atoms with Crippen LogP contribution in [0, 0.1) is 0 Å². The maximum absolute atomic E-state index is 12.5. The monoisotopic (exact) mass is 475 g/mol. The van der Waals surface area contributed by atoms with Crippen molar-refractivity contribution in [2.24, 2.45) is 0 Å². The third-order valence-electron chi connectivity index (χ3n) is 4.96. The van der Waals surface area contributed by atoms with Crippen molar-refractivity contribution in [2.75, 3.05) is 30.6 Å². The van der Waals surface area contributed by atoms with Gasteiger partial charge >= 0.3 is 0 Å². The highest BCUT2D eigenvalue weighted by Crippen LogP contribution is 2.29. The van der Waals surface area contributed by atoms with Crippen molar-refractivity contribution in [2.45, 2.75) is 11.7 Å². The number of hydrogen-bond donors (Lipinski definition) is 2. The number of thioether (sulfide) groups is 1. The number of benzene rings is 3. The van der Waals surface area contributed by atoms with Gasteiger partial charge in [0, 0.05) is 11.4 Å². The number of amides is 1. The molecule has 0 saturated carbocycles. The number of aromatic nitrogens is 3. The zero-order valence-corrected chi connectivity index (χ0v) is 19.7. The van der Waals surface area contributed by atoms with E-state index < -0.39 is 0 Å². The molecule has 0 aliphatic rings. The molecule has 0 bridgehead atoms. The average Bonchev–Trinajstić information content (AvgIpc) is 3.29. The molecule has 4 rings (SSSR count). The largest absolute Gasteiger partial charge is 0.497 e. The van der Waals surface area contributed by atoms with Gasteiger partial charge in [0.15, 0.2) is 11.0 Å². The minimum Gasteiger partial charge on any atom is -0.497 e. The van der Waals surface area contributed by atoms with Crippen LogP contribution in [0.4, 0.5) is 11.4 Å². The van der Waals surface area contributed by atoms with E-state index in [1.807, 2.05) is 83.4 Å². The number of anilines is 2. The predicted molar refractivity (Wildman–Crippen MR) is 134 cm³/mol. The van der Waals surface area contributed by atoms with Gasteiger partial charge in [-0.3, -0.25) is 9.36 Å². The second kappa shape index (κ2) is 11.2. The van der Waals surface area contributed by atoms with E-state index in [4.69, 9.17) is 9.47 Å². The number of methoxy groups -OCH3 is 2. The van der Waals surface area contributed by atoms with Crippen LogP contribution >= 0.6 is 11.8 Å². The maximum Gasteiger partial charge on any atom is 0.234 e. The highest BCUT2D eigenvalue weighted by molar-refractivity contribution is 7.99. The lowest BCUT2D eigenvalue weighted by Crippen LogP contribution is -2.15. The van der Waals surface area contributed by atoms with Crippen molar-refractivity contribution in [3.8, 4) is 17.2 Å². The Kier molecular flexibility index (Phi) is 7.67. The summed E-state index contributed by atoms with van der Waals surface area (Å²) in [6.45, 7) is 0.425. The van der Waals surface area contributed by atoms with Gasteiger partial charge in [0.25, 0.3) is 0 Å². The summed E-state index contributed by atoms with van der Waals surface area (Å²) in [5.41, 5.74) is 2.47. The van der Waals surface area contributed by atoms with Crippen LogP contribution in [0.2, 0.25) is 0 Å². The van der Waals surface area contributed by atoms with Crippen LogP contribution in [0.1, 0.15) is 5.82 Å². The van der Waals surface area contributed by atoms with Gasteiger partial charge in [-0.05, 0) is 48.5 Å². The fourth-order valence-corrected chi connectivity index (χ4v) is 4.07. The van der Waals surface area contributed by atoms with Crippen LogP contribution in [0.15, 0.2) is 84.0 Å². The lowest BCUT2D eigenvalue weighted by molar-refractivity contribution is -0.113. The maximum atomic E-state index is 12.5.